The standard InChI is InChI=1S/C16H20N2O/c17-9-8-16(19)15-10-14(11-18-12-15)7-6-13-4-2-1-3-5-13/h6-7,10-13,16,19H,1-5,8H2/b7-6+. The first-order chi connectivity index (χ1) is 9.29. The predicted molar refractivity (Wildman–Crippen MR) is 75.0 cm³/mol. The molecule has 19 heavy (non-hydrogen) atoms. The average Bonchev–Trinajstić information content (AvgIpc) is 2.47. The number of nitrogens with zero attached hydrogens (tertiary/aromatic N) is 2. The van der Waals surface area contributed by atoms with E-state index in [0.29, 0.717) is 11.5 Å². The lowest BCUT2D eigenvalue weighted by molar-refractivity contribution is 0.183. The van der Waals surface area contributed by atoms with Crippen molar-refractivity contribution in [3.8, 4) is 6.07 Å². The molecule has 0 amide bonds. The molecule has 3 heteroatoms. The van der Waals surface area contributed by atoms with Gasteiger partial charge in [-0.3, -0.25) is 4.98 Å². The summed E-state index contributed by atoms with van der Waals surface area (Å²) in [6.45, 7) is 0. The van der Waals surface area contributed by atoms with E-state index in [4.69, 9.17) is 5.26 Å². The zero-order chi connectivity index (χ0) is 13.5. The van der Waals surface area contributed by atoms with Crippen LogP contribution in [0.2, 0.25) is 0 Å². The van der Waals surface area contributed by atoms with Gasteiger partial charge in [0.15, 0.2) is 0 Å². The van der Waals surface area contributed by atoms with E-state index in [0.717, 1.165) is 5.56 Å². The number of aromatic nitrogens is 1. The fourth-order valence-corrected chi connectivity index (χ4v) is 2.53. The van der Waals surface area contributed by atoms with E-state index < -0.39 is 6.10 Å². The first kappa shape index (κ1) is 13.8. The summed E-state index contributed by atoms with van der Waals surface area (Å²) in [5.41, 5.74) is 1.72. The molecule has 1 atom stereocenters. The molecule has 3 nitrogen and oxygen atoms in total. The molecule has 1 N–H and O–H groups in total. The number of pyridine rings is 1. The minimum Gasteiger partial charge on any atom is -0.387 e. The largest absolute Gasteiger partial charge is 0.387 e. The van der Waals surface area contributed by atoms with Crippen molar-refractivity contribution in [2.24, 2.45) is 5.92 Å². The molecule has 0 aliphatic heterocycles. The second-order valence-electron chi connectivity index (χ2n) is 5.19. The molecule has 0 spiro atoms. The Morgan fingerprint density at radius 2 is 2.16 bits per heavy atom. The van der Waals surface area contributed by atoms with Crippen LogP contribution in [0.25, 0.3) is 6.08 Å². The van der Waals surface area contributed by atoms with Crippen LogP contribution in [0.4, 0.5) is 0 Å². The van der Waals surface area contributed by atoms with Crippen LogP contribution in [-0.4, -0.2) is 10.1 Å². The van der Waals surface area contributed by atoms with E-state index in [1.54, 1.807) is 12.4 Å². The zero-order valence-corrected chi connectivity index (χ0v) is 11.1. The van der Waals surface area contributed by atoms with Crippen molar-refractivity contribution >= 4 is 6.08 Å². The molecular weight excluding hydrogens is 236 g/mol. The van der Waals surface area contributed by atoms with Gasteiger partial charge in [0.05, 0.1) is 18.6 Å². The molecular formula is C16H20N2O. The fraction of sp³-hybridized carbons (Fsp3) is 0.500. The molecule has 1 heterocycles. The molecule has 1 fully saturated rings. The third kappa shape index (κ3) is 4.18. The van der Waals surface area contributed by atoms with Crippen molar-refractivity contribution in [3.05, 3.63) is 35.7 Å². The maximum absolute atomic E-state index is 9.78. The van der Waals surface area contributed by atoms with Crippen molar-refractivity contribution < 1.29 is 5.11 Å². The highest BCUT2D eigenvalue weighted by atomic mass is 16.3. The lowest BCUT2D eigenvalue weighted by Gasteiger charge is -2.17. The van der Waals surface area contributed by atoms with Crippen molar-refractivity contribution in [2.45, 2.75) is 44.6 Å². The molecule has 1 saturated carbocycles. The topological polar surface area (TPSA) is 56.9 Å². The van der Waals surface area contributed by atoms with E-state index >= 15 is 0 Å². The van der Waals surface area contributed by atoms with Gasteiger partial charge in [0, 0.05) is 18.0 Å². The Balaban J connectivity index is 2.02. The van der Waals surface area contributed by atoms with E-state index in [1.165, 1.54) is 32.1 Å². The number of hydrogen-bond acceptors (Lipinski definition) is 3. The Labute approximate surface area is 114 Å². The summed E-state index contributed by atoms with van der Waals surface area (Å²) in [4.78, 5) is 4.13. The Kier molecular flexibility index (Phi) is 5.11. The van der Waals surface area contributed by atoms with Gasteiger partial charge in [-0.05, 0) is 30.4 Å². The lowest BCUT2D eigenvalue weighted by atomic mass is 9.89. The van der Waals surface area contributed by atoms with Gasteiger partial charge in [0.25, 0.3) is 0 Å². The quantitative estimate of drug-likeness (QED) is 0.895. The Bertz CT molecular complexity index is 470. The summed E-state index contributed by atoms with van der Waals surface area (Å²) in [6.07, 6.45) is 13.7. The number of hydrogen-bond donors (Lipinski definition) is 1. The third-order valence-corrected chi connectivity index (χ3v) is 3.66. The number of nitriles is 1. The van der Waals surface area contributed by atoms with Crippen molar-refractivity contribution in [3.63, 3.8) is 0 Å². The van der Waals surface area contributed by atoms with E-state index in [9.17, 15) is 5.11 Å². The van der Waals surface area contributed by atoms with Crippen LogP contribution in [0.5, 0.6) is 0 Å². The van der Waals surface area contributed by atoms with Crippen LogP contribution < -0.4 is 0 Å². The van der Waals surface area contributed by atoms with Crippen LogP contribution in [0.1, 0.15) is 55.8 Å². The molecule has 0 aromatic carbocycles. The van der Waals surface area contributed by atoms with Gasteiger partial charge >= 0.3 is 0 Å². The smallest absolute Gasteiger partial charge is 0.0934 e. The minimum atomic E-state index is -0.736. The predicted octanol–water partition coefficient (Wildman–Crippen LogP) is 3.62. The lowest BCUT2D eigenvalue weighted by Crippen LogP contribution is -2.02. The second-order valence-corrected chi connectivity index (χ2v) is 5.19. The molecule has 2 rings (SSSR count). The summed E-state index contributed by atoms with van der Waals surface area (Å²) in [5.74, 6) is 0.682. The Morgan fingerprint density at radius 3 is 2.89 bits per heavy atom. The first-order valence-electron chi connectivity index (χ1n) is 6.98. The highest BCUT2D eigenvalue weighted by Crippen LogP contribution is 2.25. The second kappa shape index (κ2) is 7.06. The van der Waals surface area contributed by atoms with Crippen molar-refractivity contribution in [2.75, 3.05) is 0 Å². The molecule has 1 aromatic heterocycles. The van der Waals surface area contributed by atoms with Crippen LogP contribution >= 0.6 is 0 Å². The first-order valence-corrected chi connectivity index (χ1v) is 6.98. The van der Waals surface area contributed by atoms with Crippen LogP contribution in [0.3, 0.4) is 0 Å². The van der Waals surface area contributed by atoms with Crippen molar-refractivity contribution in [1.82, 2.24) is 4.98 Å². The van der Waals surface area contributed by atoms with Gasteiger partial charge in [-0.2, -0.15) is 5.26 Å². The summed E-state index contributed by atoms with van der Waals surface area (Å²) in [7, 11) is 0. The number of aliphatic hydroxyl groups is 1. The molecule has 1 aromatic rings. The molecule has 1 aliphatic carbocycles. The Hall–Kier alpha value is -1.66. The number of allylic oxidation sites excluding steroid dienone is 1. The fourth-order valence-electron chi connectivity index (χ4n) is 2.53. The Morgan fingerprint density at radius 1 is 1.37 bits per heavy atom. The highest BCUT2D eigenvalue weighted by molar-refractivity contribution is 5.49. The SMILES string of the molecule is N#CCC(O)c1cncc(/C=C/C2CCCCC2)c1. The summed E-state index contributed by atoms with van der Waals surface area (Å²) in [5, 5.41) is 18.4. The van der Waals surface area contributed by atoms with Gasteiger partial charge in [-0.1, -0.05) is 31.4 Å². The van der Waals surface area contributed by atoms with Gasteiger partial charge in [-0.25, -0.2) is 0 Å². The van der Waals surface area contributed by atoms with E-state index in [1.807, 2.05) is 12.1 Å². The van der Waals surface area contributed by atoms with Crippen LogP contribution in [0, 0.1) is 17.2 Å². The van der Waals surface area contributed by atoms with Crippen molar-refractivity contribution in [1.29, 1.82) is 5.26 Å². The monoisotopic (exact) mass is 256 g/mol. The molecule has 0 saturated heterocycles. The normalized spacial score (nSPS) is 18.3. The van der Waals surface area contributed by atoms with Gasteiger partial charge in [-0.15, -0.1) is 0 Å². The summed E-state index contributed by atoms with van der Waals surface area (Å²) >= 11 is 0. The van der Waals surface area contributed by atoms with E-state index in [-0.39, 0.29) is 6.42 Å². The molecule has 1 aliphatic rings. The summed E-state index contributed by atoms with van der Waals surface area (Å²) < 4.78 is 0. The molecule has 1 unspecified atom stereocenters. The van der Waals surface area contributed by atoms with E-state index in [2.05, 4.69) is 17.1 Å². The highest BCUT2D eigenvalue weighted by Gasteiger charge is 2.10. The van der Waals surface area contributed by atoms with Gasteiger partial charge in [0.2, 0.25) is 0 Å². The number of aliphatic hydroxyl groups excluding tert-OH is 1. The molecule has 100 valence electrons. The van der Waals surface area contributed by atoms with Gasteiger partial charge in [0.1, 0.15) is 0 Å². The molecule has 0 radical (unpaired) electrons. The zero-order valence-electron chi connectivity index (χ0n) is 11.1. The number of rotatable bonds is 4. The average molecular weight is 256 g/mol. The molecule has 0 bridgehead atoms. The maximum atomic E-state index is 9.78. The van der Waals surface area contributed by atoms with Crippen LogP contribution in [-0.2, 0) is 0 Å². The summed E-state index contributed by atoms with van der Waals surface area (Å²) in [6, 6.07) is 3.88. The minimum absolute atomic E-state index is 0.109. The van der Waals surface area contributed by atoms with Crippen LogP contribution in [0.15, 0.2) is 24.5 Å². The third-order valence-electron chi connectivity index (χ3n) is 3.66. The maximum Gasteiger partial charge on any atom is 0.0934 e. The van der Waals surface area contributed by atoms with Gasteiger partial charge < -0.3 is 5.11 Å².